The van der Waals surface area contributed by atoms with E-state index in [9.17, 15) is 19.5 Å². The monoisotopic (exact) mass is 381 g/mol. The number of rotatable bonds is 10. The van der Waals surface area contributed by atoms with Crippen LogP contribution in [-0.4, -0.2) is 40.6 Å². The number of thiazole rings is 1. The third kappa shape index (κ3) is 6.30. The Morgan fingerprint density at radius 1 is 1.42 bits per heavy atom. The summed E-state index contributed by atoms with van der Waals surface area (Å²) in [6.07, 6.45) is 1.22. The van der Waals surface area contributed by atoms with E-state index in [-0.39, 0.29) is 26.0 Å². The molecule has 1 atom stereocenters. The molecule has 0 aromatic carbocycles. The normalized spacial score (nSPS) is 11.7. The van der Waals surface area contributed by atoms with Crippen LogP contribution in [0.2, 0.25) is 0 Å². The topological polar surface area (TPSA) is 131 Å². The molecule has 26 heavy (non-hydrogen) atoms. The number of aromatic nitrogens is 1. The van der Waals surface area contributed by atoms with Gasteiger partial charge in [0.2, 0.25) is 5.91 Å². The number of amides is 1. The first kappa shape index (κ1) is 19.6. The summed E-state index contributed by atoms with van der Waals surface area (Å²) in [6, 6.07) is 2.32. The van der Waals surface area contributed by atoms with Crippen molar-refractivity contribution in [3.8, 4) is 0 Å². The molecule has 2 heterocycles. The van der Waals surface area contributed by atoms with Gasteiger partial charge in [-0.25, -0.2) is 4.98 Å². The van der Waals surface area contributed by atoms with Crippen molar-refractivity contribution in [3.63, 3.8) is 0 Å². The van der Waals surface area contributed by atoms with Crippen LogP contribution >= 0.6 is 11.3 Å². The fraction of sp³-hybridized carbons (Fsp3) is 0.375. The SMILES string of the molecule is CCOC(=O)Cc1csc(NC(=O)C[C@H](NCc2ccco2)C(=O)O)n1. The summed E-state index contributed by atoms with van der Waals surface area (Å²) in [5, 5.41) is 16.5. The van der Waals surface area contributed by atoms with E-state index in [0.29, 0.717) is 16.6 Å². The minimum absolute atomic E-state index is 0.0165. The molecule has 3 N–H and O–H groups in total. The summed E-state index contributed by atoms with van der Waals surface area (Å²) in [5.41, 5.74) is 0.481. The molecule has 0 aliphatic carbocycles. The van der Waals surface area contributed by atoms with Gasteiger partial charge in [0.05, 0.1) is 38.0 Å². The van der Waals surface area contributed by atoms with Crippen LogP contribution in [0.3, 0.4) is 0 Å². The maximum atomic E-state index is 12.1. The second-order valence-corrected chi connectivity index (χ2v) is 6.09. The van der Waals surface area contributed by atoms with Crippen molar-refractivity contribution < 1.29 is 28.6 Å². The number of anilines is 1. The van der Waals surface area contributed by atoms with Crippen LogP contribution in [0, 0.1) is 0 Å². The Morgan fingerprint density at radius 2 is 2.23 bits per heavy atom. The Balaban J connectivity index is 1.84. The van der Waals surface area contributed by atoms with Gasteiger partial charge in [-0.1, -0.05) is 0 Å². The van der Waals surface area contributed by atoms with Crippen molar-refractivity contribution in [2.45, 2.75) is 32.4 Å². The molecule has 140 valence electrons. The number of hydrogen-bond acceptors (Lipinski definition) is 8. The lowest BCUT2D eigenvalue weighted by Crippen LogP contribution is -2.39. The average molecular weight is 381 g/mol. The zero-order valence-electron chi connectivity index (χ0n) is 14.1. The molecule has 9 nitrogen and oxygen atoms in total. The first-order chi connectivity index (χ1) is 12.5. The van der Waals surface area contributed by atoms with Crippen molar-refractivity contribution in [2.75, 3.05) is 11.9 Å². The molecule has 0 aliphatic rings. The predicted octanol–water partition coefficient (Wildman–Crippen LogP) is 1.41. The van der Waals surface area contributed by atoms with Gasteiger partial charge in [0.15, 0.2) is 5.13 Å². The molecule has 2 aromatic heterocycles. The zero-order valence-corrected chi connectivity index (χ0v) is 14.9. The summed E-state index contributed by atoms with van der Waals surface area (Å²) in [7, 11) is 0. The lowest BCUT2D eigenvalue weighted by molar-refractivity contribution is -0.142. The van der Waals surface area contributed by atoms with E-state index < -0.39 is 23.9 Å². The van der Waals surface area contributed by atoms with Crippen LogP contribution in [0.4, 0.5) is 5.13 Å². The highest BCUT2D eigenvalue weighted by molar-refractivity contribution is 7.13. The average Bonchev–Trinajstić information content (AvgIpc) is 3.23. The number of hydrogen-bond donors (Lipinski definition) is 3. The van der Waals surface area contributed by atoms with Gasteiger partial charge in [-0.2, -0.15) is 0 Å². The minimum Gasteiger partial charge on any atom is -0.480 e. The number of furan rings is 1. The van der Waals surface area contributed by atoms with Gasteiger partial charge in [-0.3, -0.25) is 19.7 Å². The second kappa shape index (κ2) is 9.68. The molecule has 0 saturated heterocycles. The van der Waals surface area contributed by atoms with Gasteiger partial charge >= 0.3 is 11.9 Å². The smallest absolute Gasteiger partial charge is 0.321 e. The minimum atomic E-state index is -1.14. The van der Waals surface area contributed by atoms with Crippen molar-refractivity contribution in [2.24, 2.45) is 0 Å². The molecule has 0 fully saturated rings. The maximum absolute atomic E-state index is 12.1. The second-order valence-electron chi connectivity index (χ2n) is 5.23. The van der Waals surface area contributed by atoms with Crippen LogP contribution in [0.1, 0.15) is 24.8 Å². The van der Waals surface area contributed by atoms with E-state index in [4.69, 9.17) is 9.15 Å². The molecule has 2 rings (SSSR count). The van der Waals surface area contributed by atoms with E-state index in [2.05, 4.69) is 15.6 Å². The number of ether oxygens (including phenoxy) is 1. The Kier molecular flexibility index (Phi) is 7.30. The van der Waals surface area contributed by atoms with Crippen molar-refractivity contribution in [3.05, 3.63) is 35.2 Å². The molecule has 0 radical (unpaired) electrons. The number of carboxylic acid groups (broad SMARTS) is 1. The Labute approximate surface area is 153 Å². The van der Waals surface area contributed by atoms with Crippen LogP contribution in [0.15, 0.2) is 28.2 Å². The number of nitrogens with zero attached hydrogens (tertiary/aromatic N) is 1. The van der Waals surface area contributed by atoms with Crippen molar-refractivity contribution in [1.29, 1.82) is 0 Å². The largest absolute Gasteiger partial charge is 0.480 e. The highest BCUT2D eigenvalue weighted by Crippen LogP contribution is 2.16. The lowest BCUT2D eigenvalue weighted by atomic mass is 10.2. The van der Waals surface area contributed by atoms with E-state index >= 15 is 0 Å². The lowest BCUT2D eigenvalue weighted by Gasteiger charge is -2.12. The van der Waals surface area contributed by atoms with E-state index in [1.807, 2.05) is 0 Å². The molecule has 0 saturated carbocycles. The summed E-state index contributed by atoms with van der Waals surface area (Å²) in [4.78, 5) is 38.9. The fourth-order valence-electron chi connectivity index (χ4n) is 2.04. The third-order valence-electron chi connectivity index (χ3n) is 3.22. The predicted molar refractivity (Wildman–Crippen MR) is 92.7 cm³/mol. The molecule has 0 bridgehead atoms. The summed E-state index contributed by atoms with van der Waals surface area (Å²) >= 11 is 1.15. The Bertz CT molecular complexity index is 743. The number of carbonyl (C=O) groups is 3. The standard InChI is InChI=1S/C16H19N3O6S/c1-2-24-14(21)6-10-9-26-16(18-10)19-13(20)7-12(15(22)23)17-8-11-4-3-5-25-11/h3-5,9,12,17H,2,6-8H2,1H3,(H,22,23)(H,18,19,20)/t12-/m0/s1. The quantitative estimate of drug-likeness (QED) is 0.527. The molecule has 1 amide bonds. The molecule has 0 unspecified atom stereocenters. The van der Waals surface area contributed by atoms with E-state index in [0.717, 1.165) is 11.3 Å². The summed E-state index contributed by atoms with van der Waals surface area (Å²) in [6.45, 7) is 2.19. The van der Waals surface area contributed by atoms with Crippen LogP contribution in [-0.2, 0) is 32.1 Å². The molecule has 0 aliphatic heterocycles. The third-order valence-corrected chi connectivity index (χ3v) is 4.03. The molecular formula is C16H19N3O6S. The number of aliphatic carboxylic acids is 1. The van der Waals surface area contributed by atoms with Gasteiger partial charge < -0.3 is 19.6 Å². The summed E-state index contributed by atoms with van der Waals surface area (Å²) < 4.78 is 9.94. The van der Waals surface area contributed by atoms with E-state index in [1.54, 1.807) is 24.4 Å². The summed E-state index contributed by atoms with van der Waals surface area (Å²) in [5.74, 6) is -1.47. The number of carboxylic acids is 1. The van der Waals surface area contributed by atoms with Crippen LogP contribution in [0.5, 0.6) is 0 Å². The van der Waals surface area contributed by atoms with Crippen LogP contribution < -0.4 is 10.6 Å². The fourth-order valence-corrected chi connectivity index (χ4v) is 2.77. The van der Waals surface area contributed by atoms with Gasteiger partial charge in [-0.05, 0) is 19.1 Å². The van der Waals surface area contributed by atoms with Gasteiger partial charge in [-0.15, -0.1) is 11.3 Å². The number of carbonyl (C=O) groups excluding carboxylic acids is 2. The van der Waals surface area contributed by atoms with Crippen molar-refractivity contribution in [1.82, 2.24) is 10.3 Å². The first-order valence-corrected chi connectivity index (χ1v) is 8.74. The number of nitrogens with one attached hydrogen (secondary N) is 2. The highest BCUT2D eigenvalue weighted by atomic mass is 32.1. The maximum Gasteiger partial charge on any atom is 0.321 e. The molecule has 0 spiro atoms. The van der Waals surface area contributed by atoms with Gasteiger partial charge in [0.1, 0.15) is 11.8 Å². The zero-order chi connectivity index (χ0) is 18.9. The molecule has 2 aromatic rings. The van der Waals surface area contributed by atoms with Gasteiger partial charge in [0, 0.05) is 5.38 Å². The van der Waals surface area contributed by atoms with Crippen LogP contribution in [0.25, 0.3) is 0 Å². The van der Waals surface area contributed by atoms with E-state index in [1.165, 1.54) is 6.26 Å². The highest BCUT2D eigenvalue weighted by Gasteiger charge is 2.22. The van der Waals surface area contributed by atoms with Gasteiger partial charge in [0.25, 0.3) is 0 Å². The molecular weight excluding hydrogens is 362 g/mol. The van der Waals surface area contributed by atoms with Crippen molar-refractivity contribution >= 4 is 34.3 Å². The first-order valence-electron chi connectivity index (χ1n) is 7.86. The Morgan fingerprint density at radius 3 is 2.88 bits per heavy atom. The number of esters is 1. The molecule has 10 heteroatoms. The Hall–Kier alpha value is -2.72.